The minimum Gasteiger partial charge on any atom is -0.319 e. The van der Waals surface area contributed by atoms with Crippen LogP contribution in [-0.4, -0.2) is 19.4 Å². The minimum absolute atomic E-state index is 0.124. The number of nitrogens with one attached hydrogen (secondary N) is 1. The van der Waals surface area contributed by atoms with Crippen LogP contribution in [0, 0.1) is 12.3 Å². The smallest absolute Gasteiger partial charge is 0.170 e. The fraction of sp³-hybridized carbons (Fsp3) is 0.500. The first-order valence-electron chi connectivity index (χ1n) is 5.95. The Bertz CT molecular complexity index is 393. The predicted molar refractivity (Wildman–Crippen MR) is 65.7 cm³/mol. The summed E-state index contributed by atoms with van der Waals surface area (Å²) in [5.74, 6) is 0.325. The van der Waals surface area contributed by atoms with Crippen LogP contribution >= 0.6 is 0 Å². The van der Waals surface area contributed by atoms with E-state index in [-0.39, 0.29) is 5.41 Å². The molecule has 1 aromatic rings. The van der Waals surface area contributed by atoms with Crippen molar-refractivity contribution >= 4 is 5.78 Å². The number of rotatable bonds is 4. The molecule has 16 heavy (non-hydrogen) atoms. The molecule has 0 amide bonds. The number of ketones is 1. The average Bonchev–Trinajstić information content (AvgIpc) is 2.23. The molecule has 0 aliphatic heterocycles. The Hall–Kier alpha value is -1.15. The van der Waals surface area contributed by atoms with E-state index in [0.29, 0.717) is 5.78 Å². The molecule has 1 aromatic carbocycles. The first kappa shape index (κ1) is 11.3. The monoisotopic (exact) mass is 217 g/mol. The fourth-order valence-corrected chi connectivity index (χ4v) is 2.54. The first-order valence-corrected chi connectivity index (χ1v) is 5.95. The molecule has 0 bridgehead atoms. The molecule has 1 aliphatic rings. The molecule has 1 aliphatic carbocycles. The van der Waals surface area contributed by atoms with Gasteiger partial charge in [0, 0.05) is 17.5 Å². The quantitative estimate of drug-likeness (QED) is 0.785. The van der Waals surface area contributed by atoms with Gasteiger partial charge in [0.25, 0.3) is 0 Å². The highest BCUT2D eigenvalue weighted by Crippen LogP contribution is 2.43. The molecule has 86 valence electrons. The Labute approximate surface area is 97.1 Å². The molecule has 0 heterocycles. The summed E-state index contributed by atoms with van der Waals surface area (Å²) in [6.45, 7) is 2.82. The van der Waals surface area contributed by atoms with Crippen molar-refractivity contribution in [1.29, 1.82) is 0 Å². The summed E-state index contributed by atoms with van der Waals surface area (Å²) >= 11 is 0. The Morgan fingerprint density at radius 1 is 1.38 bits per heavy atom. The van der Waals surface area contributed by atoms with Gasteiger partial charge in [0.05, 0.1) is 0 Å². The van der Waals surface area contributed by atoms with Gasteiger partial charge in [-0.1, -0.05) is 30.7 Å². The third-order valence-corrected chi connectivity index (χ3v) is 3.70. The first-order chi connectivity index (χ1) is 7.69. The van der Waals surface area contributed by atoms with Crippen LogP contribution in [0.15, 0.2) is 24.3 Å². The highest BCUT2D eigenvalue weighted by Gasteiger charge is 2.43. The van der Waals surface area contributed by atoms with Crippen molar-refractivity contribution in [2.45, 2.75) is 26.2 Å². The van der Waals surface area contributed by atoms with Gasteiger partial charge in [0.2, 0.25) is 0 Å². The molecule has 0 aromatic heterocycles. The third kappa shape index (κ3) is 1.78. The number of benzene rings is 1. The molecule has 0 spiro atoms. The van der Waals surface area contributed by atoms with E-state index in [1.165, 1.54) is 6.42 Å². The molecule has 1 saturated carbocycles. The molecule has 2 rings (SSSR count). The van der Waals surface area contributed by atoms with Crippen LogP contribution in [0.1, 0.15) is 35.2 Å². The Morgan fingerprint density at radius 2 is 2.06 bits per heavy atom. The van der Waals surface area contributed by atoms with Gasteiger partial charge in [-0.15, -0.1) is 0 Å². The van der Waals surface area contributed by atoms with Crippen LogP contribution in [0.3, 0.4) is 0 Å². The largest absolute Gasteiger partial charge is 0.319 e. The summed E-state index contributed by atoms with van der Waals surface area (Å²) in [6.07, 6.45) is 3.24. The number of hydrogen-bond donors (Lipinski definition) is 1. The highest BCUT2D eigenvalue weighted by atomic mass is 16.1. The van der Waals surface area contributed by atoms with E-state index in [4.69, 9.17) is 0 Å². The Balaban J connectivity index is 2.27. The molecule has 1 N–H and O–H groups in total. The third-order valence-electron chi connectivity index (χ3n) is 3.70. The molecule has 0 radical (unpaired) electrons. The summed E-state index contributed by atoms with van der Waals surface area (Å²) in [5, 5.41) is 3.16. The van der Waals surface area contributed by atoms with Crippen molar-refractivity contribution < 1.29 is 4.79 Å². The van der Waals surface area contributed by atoms with Crippen LogP contribution in [0.25, 0.3) is 0 Å². The predicted octanol–water partition coefficient (Wildman–Crippen LogP) is 2.57. The van der Waals surface area contributed by atoms with Crippen molar-refractivity contribution in [3.8, 4) is 0 Å². The van der Waals surface area contributed by atoms with Gasteiger partial charge >= 0.3 is 0 Å². The number of carbonyl (C=O) groups is 1. The van der Waals surface area contributed by atoms with Crippen molar-refractivity contribution in [3.63, 3.8) is 0 Å². The molecule has 0 unspecified atom stereocenters. The van der Waals surface area contributed by atoms with E-state index in [1.807, 2.05) is 38.2 Å². The second kappa shape index (κ2) is 4.38. The van der Waals surface area contributed by atoms with E-state index < -0.39 is 0 Å². The van der Waals surface area contributed by atoms with E-state index in [1.54, 1.807) is 0 Å². The molecule has 0 saturated heterocycles. The van der Waals surface area contributed by atoms with Gasteiger partial charge in [-0.25, -0.2) is 0 Å². The maximum atomic E-state index is 12.5. The highest BCUT2D eigenvalue weighted by molar-refractivity contribution is 6.02. The van der Waals surface area contributed by atoms with Gasteiger partial charge in [-0.2, -0.15) is 0 Å². The van der Waals surface area contributed by atoms with Gasteiger partial charge in [0.1, 0.15) is 0 Å². The SMILES string of the molecule is CNCC1(C(=O)c2ccccc2C)CCC1. The number of aryl methyl sites for hydroxylation is 1. The molecule has 2 heteroatoms. The van der Waals surface area contributed by atoms with Gasteiger partial charge < -0.3 is 5.32 Å². The number of hydrogen-bond acceptors (Lipinski definition) is 2. The number of Topliss-reactive ketones (excluding diaryl/α,β-unsaturated/α-hetero) is 1. The average molecular weight is 217 g/mol. The normalized spacial score (nSPS) is 17.9. The zero-order valence-electron chi connectivity index (χ0n) is 10.0. The lowest BCUT2D eigenvalue weighted by molar-refractivity contribution is 0.0614. The van der Waals surface area contributed by atoms with E-state index >= 15 is 0 Å². The van der Waals surface area contributed by atoms with E-state index in [9.17, 15) is 4.79 Å². The maximum absolute atomic E-state index is 12.5. The van der Waals surface area contributed by atoms with Gasteiger partial charge in [-0.3, -0.25) is 4.79 Å². The summed E-state index contributed by atoms with van der Waals surface area (Å²) in [5.41, 5.74) is 1.87. The lowest BCUT2D eigenvalue weighted by Gasteiger charge is -2.40. The van der Waals surface area contributed by atoms with Gasteiger partial charge in [0.15, 0.2) is 5.78 Å². The maximum Gasteiger partial charge on any atom is 0.170 e. The second-order valence-corrected chi connectivity index (χ2v) is 4.81. The second-order valence-electron chi connectivity index (χ2n) is 4.81. The fourth-order valence-electron chi connectivity index (χ4n) is 2.54. The lowest BCUT2D eigenvalue weighted by Crippen LogP contribution is -2.45. The number of carbonyl (C=O) groups excluding carboxylic acids is 1. The van der Waals surface area contributed by atoms with Crippen LogP contribution < -0.4 is 5.32 Å². The van der Waals surface area contributed by atoms with E-state index in [2.05, 4.69) is 5.32 Å². The summed E-state index contributed by atoms with van der Waals surface area (Å²) < 4.78 is 0. The zero-order valence-corrected chi connectivity index (χ0v) is 10.0. The summed E-state index contributed by atoms with van der Waals surface area (Å²) in [6, 6.07) is 7.90. The molecular weight excluding hydrogens is 198 g/mol. The molecule has 0 atom stereocenters. The van der Waals surface area contributed by atoms with Gasteiger partial charge in [-0.05, 0) is 32.4 Å². The van der Waals surface area contributed by atoms with Crippen LogP contribution in [0.5, 0.6) is 0 Å². The molecule has 1 fully saturated rings. The summed E-state index contributed by atoms with van der Waals surface area (Å²) in [7, 11) is 1.92. The topological polar surface area (TPSA) is 29.1 Å². The zero-order chi connectivity index (χ0) is 11.6. The van der Waals surface area contributed by atoms with Crippen LogP contribution in [0.4, 0.5) is 0 Å². The molecular formula is C14H19NO. The van der Waals surface area contributed by atoms with Crippen molar-refractivity contribution in [2.75, 3.05) is 13.6 Å². The molecule has 2 nitrogen and oxygen atoms in total. The van der Waals surface area contributed by atoms with E-state index in [0.717, 1.165) is 30.5 Å². The van der Waals surface area contributed by atoms with Crippen LogP contribution in [0.2, 0.25) is 0 Å². The van der Waals surface area contributed by atoms with Crippen LogP contribution in [-0.2, 0) is 0 Å². The minimum atomic E-state index is -0.124. The van der Waals surface area contributed by atoms with Crippen molar-refractivity contribution in [2.24, 2.45) is 5.41 Å². The Kier molecular flexibility index (Phi) is 3.10. The van der Waals surface area contributed by atoms with Crippen molar-refractivity contribution in [3.05, 3.63) is 35.4 Å². The van der Waals surface area contributed by atoms with Crippen molar-refractivity contribution in [1.82, 2.24) is 5.32 Å². The Morgan fingerprint density at radius 3 is 2.56 bits per heavy atom. The lowest BCUT2D eigenvalue weighted by atomic mass is 9.64. The standard InChI is InChI=1S/C14H19NO/c1-11-6-3-4-7-12(11)13(16)14(10-15-2)8-5-9-14/h3-4,6-7,15H,5,8-10H2,1-2H3. The summed E-state index contributed by atoms with van der Waals surface area (Å²) in [4.78, 5) is 12.5.